The lowest BCUT2D eigenvalue weighted by molar-refractivity contribution is -0.384. The number of nitro benzene ring substituents is 1. The van der Waals surface area contributed by atoms with Gasteiger partial charge in [-0.3, -0.25) is 10.1 Å². The van der Waals surface area contributed by atoms with Gasteiger partial charge in [0.25, 0.3) is 5.69 Å². The highest BCUT2D eigenvalue weighted by molar-refractivity contribution is 5.58. The highest BCUT2D eigenvalue weighted by Gasteiger charge is 2.36. The number of rotatable bonds is 5. The van der Waals surface area contributed by atoms with Crippen LogP contribution >= 0.6 is 0 Å². The molecule has 0 saturated heterocycles. The second-order valence-electron chi connectivity index (χ2n) is 4.79. The topological polar surface area (TPSA) is 55.2 Å². The van der Waals surface area contributed by atoms with E-state index in [9.17, 15) is 10.1 Å². The van der Waals surface area contributed by atoms with Gasteiger partial charge in [-0.15, -0.1) is 0 Å². The highest BCUT2D eigenvalue weighted by Crippen LogP contribution is 2.38. The Kier molecular flexibility index (Phi) is 3.31. The number of nitrogens with zero attached hydrogens (tertiary/aromatic N) is 1. The van der Waals surface area contributed by atoms with E-state index < -0.39 is 0 Å². The summed E-state index contributed by atoms with van der Waals surface area (Å²) in [7, 11) is 0. The molecule has 0 amide bonds. The molecule has 4 heteroatoms. The minimum Gasteiger partial charge on any atom is -0.382 e. The molecule has 1 aliphatic carbocycles. The van der Waals surface area contributed by atoms with Crippen LogP contribution in [0.3, 0.4) is 0 Å². The first-order valence-electron chi connectivity index (χ1n) is 6.13. The summed E-state index contributed by atoms with van der Waals surface area (Å²) in [5.74, 6) is 0.749. The molecule has 1 fully saturated rings. The predicted molar refractivity (Wildman–Crippen MR) is 68.3 cm³/mol. The summed E-state index contributed by atoms with van der Waals surface area (Å²) in [6.45, 7) is 4.16. The average Bonchev–Trinajstić information content (AvgIpc) is 3.00. The van der Waals surface area contributed by atoms with Crippen LogP contribution in [0, 0.1) is 23.0 Å². The molecule has 4 nitrogen and oxygen atoms in total. The largest absolute Gasteiger partial charge is 0.382 e. The summed E-state index contributed by atoms with van der Waals surface area (Å²) in [6, 6.07) is 5.50. The van der Waals surface area contributed by atoms with Crippen LogP contribution in [0.15, 0.2) is 18.2 Å². The van der Waals surface area contributed by atoms with Crippen LogP contribution < -0.4 is 5.32 Å². The summed E-state index contributed by atoms with van der Waals surface area (Å²) >= 11 is 0. The predicted octanol–water partition coefficient (Wildman–Crippen LogP) is 3.50. The first-order valence-corrected chi connectivity index (χ1v) is 6.13. The van der Waals surface area contributed by atoms with Gasteiger partial charge >= 0.3 is 0 Å². The minimum atomic E-state index is -0.346. The summed E-state index contributed by atoms with van der Waals surface area (Å²) in [6.07, 6.45) is 3.64. The van der Waals surface area contributed by atoms with Crippen LogP contribution in [0.5, 0.6) is 0 Å². The Bertz CT molecular complexity index is 431. The van der Waals surface area contributed by atoms with Crippen molar-refractivity contribution < 1.29 is 4.92 Å². The molecule has 1 saturated carbocycles. The van der Waals surface area contributed by atoms with E-state index in [4.69, 9.17) is 0 Å². The molecule has 1 aromatic rings. The number of aryl methyl sites for hydroxylation is 1. The molecule has 1 aromatic carbocycles. The van der Waals surface area contributed by atoms with E-state index in [-0.39, 0.29) is 10.6 Å². The Balaban J connectivity index is 2.05. The lowest BCUT2D eigenvalue weighted by Crippen LogP contribution is -2.06. The average molecular weight is 234 g/mol. The van der Waals surface area contributed by atoms with Gasteiger partial charge in [0.15, 0.2) is 0 Å². The third-order valence-electron chi connectivity index (χ3n) is 3.35. The van der Waals surface area contributed by atoms with Gasteiger partial charge < -0.3 is 5.32 Å². The number of benzene rings is 1. The molecule has 1 aliphatic rings. The Hall–Kier alpha value is -1.58. The number of hydrogen-bond donors (Lipinski definition) is 1. The van der Waals surface area contributed by atoms with E-state index >= 15 is 0 Å². The quantitative estimate of drug-likeness (QED) is 0.626. The van der Waals surface area contributed by atoms with Crippen LogP contribution in [0.25, 0.3) is 0 Å². The van der Waals surface area contributed by atoms with Crippen LogP contribution in [-0.2, 0) is 0 Å². The van der Waals surface area contributed by atoms with Gasteiger partial charge in [-0.2, -0.15) is 0 Å². The van der Waals surface area contributed by atoms with Gasteiger partial charge in [0.05, 0.1) is 4.92 Å². The normalized spacial score (nSPS) is 22.2. The molecule has 2 atom stereocenters. The molecule has 1 N–H and O–H groups in total. The first kappa shape index (κ1) is 11.9. The summed E-state index contributed by atoms with van der Waals surface area (Å²) in [5.41, 5.74) is 2.13. The van der Waals surface area contributed by atoms with E-state index in [0.29, 0.717) is 6.04 Å². The monoisotopic (exact) mass is 234 g/mol. The molecule has 0 aliphatic heterocycles. The van der Waals surface area contributed by atoms with E-state index in [2.05, 4.69) is 12.2 Å². The second-order valence-corrected chi connectivity index (χ2v) is 4.79. The van der Waals surface area contributed by atoms with Crippen molar-refractivity contribution in [2.24, 2.45) is 5.92 Å². The van der Waals surface area contributed by atoms with E-state index in [1.807, 2.05) is 6.92 Å². The van der Waals surface area contributed by atoms with Crippen LogP contribution in [0.2, 0.25) is 0 Å². The van der Waals surface area contributed by atoms with Crippen molar-refractivity contribution in [2.75, 3.05) is 5.32 Å². The summed E-state index contributed by atoms with van der Waals surface area (Å²) in [4.78, 5) is 10.4. The third-order valence-corrected chi connectivity index (χ3v) is 3.35. The van der Waals surface area contributed by atoms with Crippen molar-refractivity contribution in [1.29, 1.82) is 0 Å². The fraction of sp³-hybridized carbons (Fsp3) is 0.538. The van der Waals surface area contributed by atoms with Crippen molar-refractivity contribution in [3.05, 3.63) is 33.9 Å². The molecule has 17 heavy (non-hydrogen) atoms. The Morgan fingerprint density at radius 3 is 2.94 bits per heavy atom. The second kappa shape index (κ2) is 4.73. The van der Waals surface area contributed by atoms with Crippen LogP contribution in [0.4, 0.5) is 11.4 Å². The zero-order valence-electron chi connectivity index (χ0n) is 10.3. The maximum atomic E-state index is 10.7. The molecule has 0 heterocycles. The van der Waals surface area contributed by atoms with Gasteiger partial charge in [0.2, 0.25) is 0 Å². The van der Waals surface area contributed by atoms with Crippen molar-refractivity contribution >= 4 is 11.4 Å². The fourth-order valence-electron chi connectivity index (χ4n) is 2.19. The van der Waals surface area contributed by atoms with Gasteiger partial charge in [-0.1, -0.05) is 19.4 Å². The molecular formula is C13H18N2O2. The molecule has 2 unspecified atom stereocenters. The molecule has 0 spiro atoms. The molecule has 0 radical (unpaired) electrons. The minimum absolute atomic E-state index is 0.158. The van der Waals surface area contributed by atoms with E-state index in [0.717, 1.165) is 17.2 Å². The Labute approximate surface area is 101 Å². The van der Waals surface area contributed by atoms with Crippen molar-refractivity contribution in [2.45, 2.75) is 39.2 Å². The third kappa shape index (κ3) is 2.75. The van der Waals surface area contributed by atoms with Crippen molar-refractivity contribution in [3.8, 4) is 0 Å². The molecule has 0 bridgehead atoms. The smallest absolute Gasteiger partial charge is 0.271 e. The van der Waals surface area contributed by atoms with Gasteiger partial charge in [-0.05, 0) is 31.2 Å². The Morgan fingerprint density at radius 2 is 2.29 bits per heavy atom. The molecule has 2 rings (SSSR count). The van der Waals surface area contributed by atoms with Crippen molar-refractivity contribution in [3.63, 3.8) is 0 Å². The van der Waals surface area contributed by atoms with Gasteiger partial charge in [-0.25, -0.2) is 0 Å². The maximum Gasteiger partial charge on any atom is 0.271 e. The number of non-ortho nitro benzene ring substituents is 1. The van der Waals surface area contributed by atoms with Gasteiger partial charge in [0.1, 0.15) is 0 Å². The number of anilines is 1. The first-order chi connectivity index (χ1) is 8.11. The van der Waals surface area contributed by atoms with Gasteiger partial charge in [0, 0.05) is 23.9 Å². The number of nitro groups is 1. The van der Waals surface area contributed by atoms with E-state index in [1.165, 1.54) is 19.3 Å². The van der Waals surface area contributed by atoms with Crippen LogP contribution in [0.1, 0.15) is 31.7 Å². The zero-order valence-corrected chi connectivity index (χ0v) is 10.3. The highest BCUT2D eigenvalue weighted by atomic mass is 16.6. The zero-order chi connectivity index (χ0) is 12.4. The van der Waals surface area contributed by atoms with E-state index in [1.54, 1.807) is 18.2 Å². The lowest BCUT2D eigenvalue weighted by atomic mass is 10.1. The molecule has 0 aromatic heterocycles. The Morgan fingerprint density at radius 1 is 1.53 bits per heavy atom. The summed E-state index contributed by atoms with van der Waals surface area (Å²) < 4.78 is 0. The molecule has 92 valence electrons. The summed E-state index contributed by atoms with van der Waals surface area (Å²) in [5, 5.41) is 14.1. The maximum absolute atomic E-state index is 10.7. The van der Waals surface area contributed by atoms with Crippen LogP contribution in [-0.4, -0.2) is 11.0 Å². The number of nitrogens with one attached hydrogen (secondary N) is 1. The molecular weight excluding hydrogens is 216 g/mol. The SMILES string of the molecule is CCCC1CC1Nc1cc([N+](=O)[O-])ccc1C. The number of hydrogen-bond acceptors (Lipinski definition) is 3. The standard InChI is InChI=1S/C13H18N2O2/c1-3-4-10-7-13(10)14-12-8-11(15(16)17)6-5-9(12)2/h5-6,8,10,13-14H,3-4,7H2,1-2H3. The fourth-order valence-corrected chi connectivity index (χ4v) is 2.19. The van der Waals surface area contributed by atoms with Crippen molar-refractivity contribution in [1.82, 2.24) is 0 Å². The lowest BCUT2D eigenvalue weighted by Gasteiger charge is -2.08.